The van der Waals surface area contributed by atoms with Crippen LogP contribution in [0.3, 0.4) is 0 Å². The van der Waals surface area contributed by atoms with Gasteiger partial charge in [-0.25, -0.2) is 4.98 Å². The van der Waals surface area contributed by atoms with Gasteiger partial charge in [-0.3, -0.25) is 0 Å². The highest BCUT2D eigenvalue weighted by Crippen LogP contribution is 2.03. The van der Waals surface area contributed by atoms with E-state index in [0.717, 1.165) is 38.5 Å². The van der Waals surface area contributed by atoms with E-state index in [-0.39, 0.29) is 0 Å². The molecule has 0 saturated carbocycles. The maximum atomic E-state index is 5.00. The van der Waals surface area contributed by atoms with Gasteiger partial charge >= 0.3 is 0 Å². The first-order chi connectivity index (χ1) is 9.29. The molecule has 0 atom stereocenters. The second kappa shape index (κ2) is 7.11. The molecule has 0 aliphatic carbocycles. The highest BCUT2D eigenvalue weighted by Gasteiger charge is 2.01. The minimum Gasteiger partial charge on any atom is -0.383 e. The molecule has 2 aromatic heterocycles. The molecule has 0 saturated heterocycles. The van der Waals surface area contributed by atoms with Crippen molar-refractivity contribution in [1.29, 1.82) is 0 Å². The molecule has 2 aromatic rings. The zero-order chi connectivity index (χ0) is 13.5. The normalized spacial score (nSPS) is 11.1. The molecule has 0 aliphatic rings. The number of imidazole rings is 1. The molecule has 1 N–H and O–H groups in total. The number of ether oxygens (including phenoxy) is 1. The maximum Gasteiger partial charge on any atom is 0.110 e. The van der Waals surface area contributed by atoms with Crippen molar-refractivity contribution in [2.24, 2.45) is 7.05 Å². The molecular formula is C14H22N4O. The maximum absolute atomic E-state index is 5.00. The van der Waals surface area contributed by atoms with Gasteiger partial charge in [0.1, 0.15) is 5.82 Å². The molecule has 0 aromatic carbocycles. The van der Waals surface area contributed by atoms with Gasteiger partial charge < -0.3 is 19.2 Å². The molecule has 0 bridgehead atoms. The van der Waals surface area contributed by atoms with Gasteiger partial charge in [0.2, 0.25) is 0 Å². The number of hydrogen-bond donors (Lipinski definition) is 1. The molecule has 0 aliphatic heterocycles. The van der Waals surface area contributed by atoms with Crippen LogP contribution in [-0.4, -0.2) is 34.4 Å². The lowest BCUT2D eigenvalue weighted by Crippen LogP contribution is -2.18. The Labute approximate surface area is 114 Å². The van der Waals surface area contributed by atoms with Crippen molar-refractivity contribution in [3.63, 3.8) is 0 Å². The number of nitrogens with one attached hydrogen (secondary N) is 1. The van der Waals surface area contributed by atoms with Crippen LogP contribution in [0.1, 0.15) is 11.4 Å². The van der Waals surface area contributed by atoms with Crippen molar-refractivity contribution >= 4 is 0 Å². The quantitative estimate of drug-likeness (QED) is 0.727. The van der Waals surface area contributed by atoms with E-state index in [1.165, 1.54) is 5.56 Å². The molecule has 0 unspecified atom stereocenters. The van der Waals surface area contributed by atoms with Crippen LogP contribution in [0.2, 0.25) is 0 Å². The summed E-state index contributed by atoms with van der Waals surface area (Å²) in [6.45, 7) is 3.48. The van der Waals surface area contributed by atoms with Crippen LogP contribution in [0.25, 0.3) is 0 Å². The standard InChI is InChI=1S/C14H22N4O/c1-17-9-5-16-14(17)4-8-18-7-3-13(12-18)11-15-6-10-19-2/h3,5,7,9,12,15H,4,6,8,10-11H2,1-2H3. The van der Waals surface area contributed by atoms with E-state index in [4.69, 9.17) is 4.74 Å². The second-order valence-corrected chi connectivity index (χ2v) is 4.63. The molecule has 104 valence electrons. The number of nitrogens with zero attached hydrogens (tertiary/aromatic N) is 3. The third-order valence-electron chi connectivity index (χ3n) is 3.14. The van der Waals surface area contributed by atoms with Gasteiger partial charge in [-0.2, -0.15) is 0 Å². The molecule has 0 spiro atoms. The Hall–Kier alpha value is -1.59. The third kappa shape index (κ3) is 4.22. The predicted octanol–water partition coefficient (Wildman–Crippen LogP) is 1.20. The van der Waals surface area contributed by atoms with Crippen LogP contribution in [0.5, 0.6) is 0 Å². The summed E-state index contributed by atoms with van der Waals surface area (Å²) < 4.78 is 9.28. The topological polar surface area (TPSA) is 44.0 Å². The van der Waals surface area contributed by atoms with E-state index in [2.05, 4.69) is 37.9 Å². The van der Waals surface area contributed by atoms with E-state index < -0.39 is 0 Å². The molecule has 0 amide bonds. The Morgan fingerprint density at radius 2 is 2.26 bits per heavy atom. The van der Waals surface area contributed by atoms with Crippen LogP contribution in [0.4, 0.5) is 0 Å². The van der Waals surface area contributed by atoms with Crippen LogP contribution in [0.15, 0.2) is 30.9 Å². The number of rotatable bonds is 8. The Morgan fingerprint density at radius 1 is 1.37 bits per heavy atom. The van der Waals surface area contributed by atoms with Gasteiger partial charge in [-0.1, -0.05) is 0 Å². The van der Waals surface area contributed by atoms with Crippen molar-refractivity contribution in [1.82, 2.24) is 19.4 Å². The Kier molecular flexibility index (Phi) is 5.18. The van der Waals surface area contributed by atoms with Crippen LogP contribution in [0, 0.1) is 0 Å². The second-order valence-electron chi connectivity index (χ2n) is 4.63. The summed E-state index contributed by atoms with van der Waals surface area (Å²) in [7, 11) is 3.75. The van der Waals surface area contributed by atoms with Gasteiger partial charge in [0.25, 0.3) is 0 Å². The van der Waals surface area contributed by atoms with E-state index in [9.17, 15) is 0 Å². The van der Waals surface area contributed by atoms with Crippen molar-refractivity contribution in [2.45, 2.75) is 19.5 Å². The summed E-state index contributed by atoms with van der Waals surface area (Å²) in [5.41, 5.74) is 1.30. The SMILES string of the molecule is COCCNCc1ccn(CCc2nccn2C)c1. The fourth-order valence-electron chi connectivity index (χ4n) is 2.01. The number of hydrogen-bond acceptors (Lipinski definition) is 3. The first-order valence-corrected chi connectivity index (χ1v) is 6.60. The highest BCUT2D eigenvalue weighted by atomic mass is 16.5. The average molecular weight is 262 g/mol. The molecule has 0 radical (unpaired) electrons. The Balaban J connectivity index is 1.76. The summed E-state index contributed by atoms with van der Waals surface area (Å²) in [5.74, 6) is 1.12. The van der Waals surface area contributed by atoms with Gasteiger partial charge in [0, 0.05) is 65.0 Å². The van der Waals surface area contributed by atoms with Gasteiger partial charge in [-0.15, -0.1) is 0 Å². The molecule has 5 heteroatoms. The predicted molar refractivity (Wildman–Crippen MR) is 74.9 cm³/mol. The van der Waals surface area contributed by atoms with Gasteiger partial charge in [0.15, 0.2) is 0 Å². The summed E-state index contributed by atoms with van der Waals surface area (Å²) in [5, 5.41) is 3.34. The van der Waals surface area contributed by atoms with Crippen LogP contribution >= 0.6 is 0 Å². The highest BCUT2D eigenvalue weighted by molar-refractivity contribution is 5.10. The lowest BCUT2D eigenvalue weighted by atomic mass is 10.3. The van der Waals surface area contributed by atoms with Crippen molar-refractivity contribution < 1.29 is 4.74 Å². The van der Waals surface area contributed by atoms with Crippen molar-refractivity contribution in [3.8, 4) is 0 Å². The smallest absolute Gasteiger partial charge is 0.110 e. The third-order valence-corrected chi connectivity index (χ3v) is 3.14. The molecule has 5 nitrogen and oxygen atoms in total. The Bertz CT molecular complexity index is 489. The van der Waals surface area contributed by atoms with Crippen molar-refractivity contribution in [2.75, 3.05) is 20.3 Å². The molecular weight excluding hydrogens is 240 g/mol. The number of aromatic nitrogens is 3. The van der Waals surface area contributed by atoms with E-state index >= 15 is 0 Å². The zero-order valence-electron chi connectivity index (χ0n) is 11.7. The lowest BCUT2D eigenvalue weighted by Gasteiger charge is -2.04. The lowest BCUT2D eigenvalue weighted by molar-refractivity contribution is 0.199. The van der Waals surface area contributed by atoms with E-state index in [1.807, 2.05) is 19.4 Å². The van der Waals surface area contributed by atoms with Crippen LogP contribution < -0.4 is 5.32 Å². The fraction of sp³-hybridized carbons (Fsp3) is 0.500. The van der Waals surface area contributed by atoms with Gasteiger partial charge in [0.05, 0.1) is 6.61 Å². The number of aryl methyl sites for hydroxylation is 3. The zero-order valence-corrected chi connectivity index (χ0v) is 11.7. The molecule has 19 heavy (non-hydrogen) atoms. The van der Waals surface area contributed by atoms with Gasteiger partial charge in [-0.05, 0) is 11.6 Å². The minimum atomic E-state index is 0.750. The summed E-state index contributed by atoms with van der Waals surface area (Å²) in [6.07, 6.45) is 9.08. The minimum absolute atomic E-state index is 0.750. The first kappa shape index (κ1) is 13.8. The monoisotopic (exact) mass is 262 g/mol. The molecule has 2 rings (SSSR count). The number of methoxy groups -OCH3 is 1. The average Bonchev–Trinajstić information content (AvgIpc) is 3.01. The van der Waals surface area contributed by atoms with Crippen LogP contribution in [-0.2, 0) is 31.3 Å². The Morgan fingerprint density at radius 3 is 3.00 bits per heavy atom. The fourth-order valence-corrected chi connectivity index (χ4v) is 2.01. The molecule has 2 heterocycles. The summed E-state index contributed by atoms with van der Waals surface area (Å²) >= 11 is 0. The van der Waals surface area contributed by atoms with E-state index in [1.54, 1.807) is 7.11 Å². The van der Waals surface area contributed by atoms with E-state index in [0.29, 0.717) is 0 Å². The molecule has 0 fully saturated rings. The largest absolute Gasteiger partial charge is 0.383 e. The summed E-state index contributed by atoms with van der Waals surface area (Å²) in [6, 6.07) is 2.15. The summed E-state index contributed by atoms with van der Waals surface area (Å²) in [4.78, 5) is 4.33. The van der Waals surface area contributed by atoms with Crippen molar-refractivity contribution in [3.05, 3.63) is 42.2 Å². The first-order valence-electron chi connectivity index (χ1n) is 6.60.